The number of nitrogens with one attached hydrogen (secondary N) is 1. The number of guanidine groups is 1. The number of nitrogens with zero attached hydrogens (tertiary/aromatic N) is 4. The van der Waals surface area contributed by atoms with E-state index in [4.69, 9.17) is 10.5 Å². The van der Waals surface area contributed by atoms with Gasteiger partial charge in [-0.25, -0.2) is 0 Å². The molecule has 12 heavy (non-hydrogen) atoms. The summed E-state index contributed by atoms with van der Waals surface area (Å²) in [5.74, 6) is 0.0804. The van der Waals surface area contributed by atoms with Crippen LogP contribution in [0.1, 0.15) is 13.3 Å². The molecule has 1 N–H and O–H groups in total. The summed E-state index contributed by atoms with van der Waals surface area (Å²) < 4.78 is 0. The van der Waals surface area contributed by atoms with Crippen LogP contribution in [-0.2, 0) is 0 Å². The third-order valence-corrected chi connectivity index (χ3v) is 0.809. The van der Waals surface area contributed by atoms with Gasteiger partial charge in [0.2, 0.25) is 0 Å². The molecule has 58 valence electrons. The monoisotopic (exact) mass is 189 g/mol. The fraction of sp³-hybridized carbons (Fsp3) is 0.500. The van der Waals surface area contributed by atoms with Crippen molar-refractivity contribution in [2.24, 2.45) is 4.99 Å². The Hall–Kier alpha value is -0.114. The maximum atomic E-state index is 8.15. The topological polar surface area (TPSA) is 86.1 Å². The average molecular weight is 189 g/mol. The molecule has 0 spiro atoms. The molecule has 0 aromatic rings. The first-order valence-electron chi connectivity index (χ1n) is 3.14. The first-order chi connectivity index (χ1) is 5.35. The van der Waals surface area contributed by atoms with Crippen LogP contribution in [0.15, 0.2) is 4.99 Å². The molecule has 5 nitrogen and oxygen atoms in total. The van der Waals surface area contributed by atoms with E-state index in [0.717, 1.165) is 6.42 Å². The van der Waals surface area contributed by atoms with Crippen molar-refractivity contribution < 1.29 is 51.4 Å². The van der Waals surface area contributed by atoms with E-state index < -0.39 is 0 Å². The first-order valence-corrected chi connectivity index (χ1v) is 3.14. The van der Waals surface area contributed by atoms with Crippen LogP contribution < -0.4 is 56.7 Å². The van der Waals surface area contributed by atoms with Crippen molar-refractivity contribution in [3.63, 3.8) is 0 Å². The summed E-state index contributed by atoms with van der Waals surface area (Å²) in [7, 11) is 0. The van der Waals surface area contributed by atoms with E-state index in [2.05, 4.69) is 15.6 Å². The Morgan fingerprint density at radius 1 is 1.58 bits per heavy atom. The van der Waals surface area contributed by atoms with Gasteiger partial charge in [-0.15, -0.1) is 0 Å². The number of hydrogen-bond donors (Lipinski definition) is 1. The minimum atomic E-state index is 0. The number of nitriles is 2. The Morgan fingerprint density at radius 3 is 2.67 bits per heavy atom. The van der Waals surface area contributed by atoms with Gasteiger partial charge in [0, 0.05) is 0 Å². The summed E-state index contributed by atoms with van der Waals surface area (Å²) in [5.41, 5.74) is 0. The van der Waals surface area contributed by atoms with Crippen LogP contribution in [0, 0.1) is 22.9 Å². The summed E-state index contributed by atoms with van der Waals surface area (Å²) in [5, 5.41) is 21.7. The fourth-order valence-electron chi connectivity index (χ4n) is 0.418. The molecule has 0 unspecified atom stereocenters. The molecule has 0 saturated carbocycles. The zero-order valence-corrected chi connectivity index (χ0v) is 10.3. The summed E-state index contributed by atoms with van der Waals surface area (Å²) in [6, 6.07) is 0. The number of rotatable bonds is 2. The SMILES string of the molecule is CCCN=C([N-]C#N)NC#N.[K+]. The fourth-order valence-corrected chi connectivity index (χ4v) is 0.418. The third kappa shape index (κ3) is 7.99. The quantitative estimate of drug-likeness (QED) is 0.174. The van der Waals surface area contributed by atoms with E-state index in [1.807, 2.05) is 6.92 Å². The van der Waals surface area contributed by atoms with Crippen LogP contribution in [0.5, 0.6) is 0 Å². The normalized spacial score (nSPS) is 8.75. The predicted molar refractivity (Wildman–Crippen MR) is 40.3 cm³/mol. The van der Waals surface area contributed by atoms with Gasteiger partial charge in [-0.1, -0.05) is 6.92 Å². The van der Waals surface area contributed by atoms with Crippen molar-refractivity contribution in [2.45, 2.75) is 13.3 Å². The van der Waals surface area contributed by atoms with Gasteiger partial charge in [-0.2, -0.15) is 5.26 Å². The zero-order valence-electron chi connectivity index (χ0n) is 7.20. The van der Waals surface area contributed by atoms with E-state index in [1.165, 1.54) is 0 Å². The standard InChI is InChI=1S/C6H8N5.K/c1-2-3-9-6(10-4-7)11-5-8;/h2-3H2,1H3,(H-,9,10,11);/q-1;+1. The molecule has 0 aliphatic heterocycles. The van der Waals surface area contributed by atoms with Gasteiger partial charge in [0.15, 0.2) is 0 Å². The van der Waals surface area contributed by atoms with Crippen LogP contribution in [-0.4, -0.2) is 12.5 Å². The molecule has 0 radical (unpaired) electrons. The largest absolute Gasteiger partial charge is 1.00 e. The second-order valence-electron chi connectivity index (χ2n) is 1.65. The van der Waals surface area contributed by atoms with Gasteiger partial charge >= 0.3 is 51.4 Å². The Labute approximate surface area is 114 Å². The van der Waals surface area contributed by atoms with Crippen molar-refractivity contribution in [3.8, 4) is 12.4 Å². The Balaban J connectivity index is 0. The predicted octanol–water partition coefficient (Wildman–Crippen LogP) is -2.32. The second kappa shape index (κ2) is 10.9. The molecule has 0 atom stereocenters. The van der Waals surface area contributed by atoms with E-state index in [0.29, 0.717) is 6.54 Å². The molecule has 0 aliphatic rings. The van der Waals surface area contributed by atoms with Crippen LogP contribution in [0.25, 0.3) is 5.32 Å². The molecule has 0 aromatic carbocycles. The van der Waals surface area contributed by atoms with Gasteiger partial charge in [-0.3, -0.25) is 5.32 Å². The molecule has 0 aliphatic carbocycles. The van der Waals surface area contributed by atoms with E-state index in [-0.39, 0.29) is 57.3 Å². The van der Waals surface area contributed by atoms with Gasteiger partial charge < -0.3 is 15.6 Å². The van der Waals surface area contributed by atoms with Crippen molar-refractivity contribution in [2.75, 3.05) is 6.54 Å². The molecule has 6 heteroatoms. The molecule has 0 rings (SSSR count). The second-order valence-corrected chi connectivity index (χ2v) is 1.65. The van der Waals surface area contributed by atoms with E-state index in [1.54, 1.807) is 12.4 Å². The Morgan fingerprint density at radius 2 is 2.25 bits per heavy atom. The summed E-state index contributed by atoms with van der Waals surface area (Å²) >= 11 is 0. The molecular weight excluding hydrogens is 181 g/mol. The van der Waals surface area contributed by atoms with E-state index >= 15 is 0 Å². The third-order valence-electron chi connectivity index (χ3n) is 0.809. The molecule has 0 fully saturated rings. The number of aliphatic imine (C=N–C) groups is 1. The van der Waals surface area contributed by atoms with Crippen molar-refractivity contribution >= 4 is 5.96 Å². The van der Waals surface area contributed by atoms with Gasteiger partial charge in [0.25, 0.3) is 0 Å². The molecule has 0 bridgehead atoms. The molecule has 0 saturated heterocycles. The summed E-state index contributed by atoms with van der Waals surface area (Å²) in [6.45, 7) is 2.51. The maximum Gasteiger partial charge on any atom is 1.00 e. The number of hydrogen-bond acceptors (Lipinski definition) is 3. The molecular formula is C6H8KN5. The van der Waals surface area contributed by atoms with Gasteiger partial charge in [-0.05, 0) is 13.0 Å². The Kier molecular flexibility index (Phi) is 13.1. The Bertz CT molecular complexity index is 193. The maximum absolute atomic E-state index is 8.15. The van der Waals surface area contributed by atoms with Crippen LogP contribution in [0.3, 0.4) is 0 Å². The van der Waals surface area contributed by atoms with Gasteiger partial charge in [0.05, 0.1) is 12.2 Å². The molecule has 0 aromatic heterocycles. The minimum Gasteiger partial charge on any atom is -0.357 e. The van der Waals surface area contributed by atoms with Crippen molar-refractivity contribution in [1.29, 1.82) is 10.5 Å². The van der Waals surface area contributed by atoms with Crippen molar-refractivity contribution in [1.82, 2.24) is 5.32 Å². The van der Waals surface area contributed by atoms with E-state index in [9.17, 15) is 0 Å². The summed E-state index contributed by atoms with van der Waals surface area (Å²) in [4.78, 5) is 3.82. The van der Waals surface area contributed by atoms with Crippen LogP contribution in [0.2, 0.25) is 0 Å². The van der Waals surface area contributed by atoms with Crippen LogP contribution >= 0.6 is 0 Å². The zero-order chi connectivity index (χ0) is 8.53. The molecule has 0 amide bonds. The van der Waals surface area contributed by atoms with Crippen molar-refractivity contribution in [3.05, 3.63) is 5.32 Å². The average Bonchev–Trinajstić information content (AvgIpc) is 2.01. The van der Waals surface area contributed by atoms with Gasteiger partial charge in [0.1, 0.15) is 6.19 Å². The first kappa shape index (κ1) is 14.4. The minimum absolute atomic E-state index is 0. The summed E-state index contributed by atoms with van der Waals surface area (Å²) in [6.07, 6.45) is 4.04. The smallest absolute Gasteiger partial charge is 0.357 e. The van der Waals surface area contributed by atoms with Crippen LogP contribution in [0.4, 0.5) is 0 Å². The molecule has 0 heterocycles.